The van der Waals surface area contributed by atoms with E-state index in [1.54, 1.807) is 0 Å². The first kappa shape index (κ1) is 8.61. The second-order valence-electron chi connectivity index (χ2n) is 4.30. The van der Waals surface area contributed by atoms with Crippen molar-refractivity contribution in [1.29, 1.82) is 0 Å². The van der Waals surface area contributed by atoms with Crippen LogP contribution in [0, 0.1) is 0 Å². The summed E-state index contributed by atoms with van der Waals surface area (Å²) < 4.78 is 4.31. The van der Waals surface area contributed by atoms with Crippen molar-refractivity contribution in [2.24, 2.45) is 0 Å². The van der Waals surface area contributed by atoms with Crippen LogP contribution in [0.3, 0.4) is 0 Å². The van der Waals surface area contributed by atoms with Gasteiger partial charge in [-0.15, -0.1) is 0 Å². The fraction of sp³-hybridized carbons (Fsp3) is 0.778. The van der Waals surface area contributed by atoms with E-state index < -0.39 is 0 Å². The molecule has 2 aliphatic carbocycles. The molecule has 3 rings (SSSR count). The molecule has 1 aromatic rings. The average Bonchev–Trinajstić information content (AvgIpc) is 3.09. The molecule has 0 atom stereocenters. The SMILES string of the molecule is OCC1(Nc2nc(C3CC3)ns2)CC1. The van der Waals surface area contributed by atoms with E-state index >= 15 is 0 Å². The zero-order valence-electron chi connectivity index (χ0n) is 7.86. The van der Waals surface area contributed by atoms with Crippen LogP contribution in [0.1, 0.15) is 37.4 Å². The molecule has 2 N–H and O–H groups in total. The molecule has 2 aliphatic rings. The highest BCUT2D eigenvalue weighted by Gasteiger charge is 2.43. The zero-order chi connectivity index (χ0) is 9.60. The Morgan fingerprint density at radius 3 is 2.86 bits per heavy atom. The van der Waals surface area contributed by atoms with Crippen molar-refractivity contribution < 1.29 is 5.11 Å². The molecule has 14 heavy (non-hydrogen) atoms. The molecular formula is C9H13N3OS. The van der Waals surface area contributed by atoms with Crippen molar-refractivity contribution in [3.63, 3.8) is 0 Å². The molecule has 0 bridgehead atoms. The lowest BCUT2D eigenvalue weighted by molar-refractivity contribution is 0.266. The van der Waals surface area contributed by atoms with Gasteiger partial charge in [0.05, 0.1) is 12.1 Å². The second kappa shape index (κ2) is 2.90. The Labute approximate surface area is 86.5 Å². The number of aromatic nitrogens is 2. The Morgan fingerprint density at radius 2 is 2.29 bits per heavy atom. The summed E-state index contributed by atoms with van der Waals surface area (Å²) in [4.78, 5) is 4.43. The van der Waals surface area contributed by atoms with Gasteiger partial charge in [-0.05, 0) is 25.7 Å². The summed E-state index contributed by atoms with van der Waals surface area (Å²) in [5, 5.41) is 13.3. The molecule has 76 valence electrons. The molecule has 0 saturated heterocycles. The first-order valence-electron chi connectivity index (χ1n) is 5.04. The molecule has 2 saturated carbocycles. The molecule has 0 aromatic carbocycles. The number of aliphatic hydroxyl groups excluding tert-OH is 1. The fourth-order valence-electron chi connectivity index (χ4n) is 1.49. The van der Waals surface area contributed by atoms with Crippen molar-refractivity contribution in [2.75, 3.05) is 11.9 Å². The highest BCUT2D eigenvalue weighted by Crippen LogP contribution is 2.42. The minimum absolute atomic E-state index is 0.0691. The van der Waals surface area contributed by atoms with E-state index in [1.807, 2.05) is 0 Å². The molecule has 1 heterocycles. The fourth-order valence-corrected chi connectivity index (χ4v) is 2.26. The summed E-state index contributed by atoms with van der Waals surface area (Å²) >= 11 is 1.42. The monoisotopic (exact) mass is 211 g/mol. The first-order valence-corrected chi connectivity index (χ1v) is 5.81. The van der Waals surface area contributed by atoms with Crippen LogP contribution in [0.2, 0.25) is 0 Å². The number of anilines is 1. The number of rotatable bonds is 4. The van der Waals surface area contributed by atoms with Crippen LogP contribution in [-0.2, 0) is 0 Å². The normalized spacial score (nSPS) is 23.5. The molecule has 2 fully saturated rings. The average molecular weight is 211 g/mol. The van der Waals surface area contributed by atoms with E-state index in [2.05, 4.69) is 14.7 Å². The maximum atomic E-state index is 9.14. The summed E-state index contributed by atoms with van der Waals surface area (Å²) in [7, 11) is 0. The smallest absolute Gasteiger partial charge is 0.203 e. The predicted octanol–water partition coefficient (Wildman–Crippen LogP) is 1.35. The predicted molar refractivity (Wildman–Crippen MR) is 54.6 cm³/mol. The maximum absolute atomic E-state index is 9.14. The highest BCUT2D eigenvalue weighted by atomic mass is 32.1. The maximum Gasteiger partial charge on any atom is 0.203 e. The van der Waals surface area contributed by atoms with Crippen LogP contribution < -0.4 is 5.32 Å². The van der Waals surface area contributed by atoms with E-state index in [0.29, 0.717) is 5.92 Å². The first-order chi connectivity index (χ1) is 6.81. The topological polar surface area (TPSA) is 58.0 Å². The molecule has 0 aliphatic heterocycles. The lowest BCUT2D eigenvalue weighted by Crippen LogP contribution is -2.25. The summed E-state index contributed by atoms with van der Waals surface area (Å²) in [6.45, 7) is 0.200. The highest BCUT2D eigenvalue weighted by molar-refractivity contribution is 7.09. The quantitative estimate of drug-likeness (QED) is 0.789. The van der Waals surface area contributed by atoms with Gasteiger partial charge in [0.15, 0.2) is 0 Å². The number of nitrogens with one attached hydrogen (secondary N) is 1. The minimum atomic E-state index is -0.0691. The van der Waals surface area contributed by atoms with Gasteiger partial charge in [0.2, 0.25) is 5.13 Å². The summed E-state index contributed by atoms with van der Waals surface area (Å²) in [6.07, 6.45) is 4.56. The Hall–Kier alpha value is -0.680. The van der Waals surface area contributed by atoms with Crippen molar-refractivity contribution in [2.45, 2.75) is 37.1 Å². The summed E-state index contributed by atoms with van der Waals surface area (Å²) in [5.74, 6) is 1.61. The molecular weight excluding hydrogens is 198 g/mol. The van der Waals surface area contributed by atoms with Gasteiger partial charge < -0.3 is 10.4 Å². The van der Waals surface area contributed by atoms with E-state index in [9.17, 15) is 0 Å². The van der Waals surface area contributed by atoms with Crippen molar-refractivity contribution in [3.8, 4) is 0 Å². The molecule has 0 spiro atoms. The van der Waals surface area contributed by atoms with Crippen LogP contribution in [0.4, 0.5) is 5.13 Å². The van der Waals surface area contributed by atoms with Crippen LogP contribution in [-0.4, -0.2) is 26.6 Å². The van der Waals surface area contributed by atoms with E-state index in [1.165, 1.54) is 24.4 Å². The molecule has 1 aromatic heterocycles. The van der Waals surface area contributed by atoms with E-state index in [4.69, 9.17) is 5.11 Å². The molecule has 0 radical (unpaired) electrons. The minimum Gasteiger partial charge on any atom is -0.394 e. The molecule has 0 amide bonds. The molecule has 5 heteroatoms. The summed E-state index contributed by atoms with van der Waals surface area (Å²) in [5.41, 5.74) is -0.0691. The number of nitrogens with zero attached hydrogens (tertiary/aromatic N) is 2. The Balaban J connectivity index is 1.70. The van der Waals surface area contributed by atoms with Crippen LogP contribution >= 0.6 is 11.5 Å². The largest absolute Gasteiger partial charge is 0.394 e. The van der Waals surface area contributed by atoms with Gasteiger partial charge in [-0.3, -0.25) is 0 Å². The van der Waals surface area contributed by atoms with Crippen molar-refractivity contribution in [1.82, 2.24) is 9.36 Å². The third-order valence-electron chi connectivity index (χ3n) is 2.91. The Kier molecular flexibility index (Phi) is 1.79. The van der Waals surface area contributed by atoms with Gasteiger partial charge in [0.1, 0.15) is 5.82 Å². The zero-order valence-corrected chi connectivity index (χ0v) is 8.68. The van der Waals surface area contributed by atoms with Crippen LogP contribution in [0.25, 0.3) is 0 Å². The van der Waals surface area contributed by atoms with Crippen molar-refractivity contribution in [3.05, 3.63) is 5.82 Å². The standard InChI is InChI=1S/C9H13N3OS/c13-5-9(3-4-9)11-8-10-7(12-14-8)6-1-2-6/h6,13H,1-5H2,(H,10,11,12). The van der Waals surface area contributed by atoms with Crippen LogP contribution in [0.15, 0.2) is 0 Å². The Morgan fingerprint density at radius 1 is 1.50 bits per heavy atom. The number of aliphatic hydroxyl groups is 1. The lowest BCUT2D eigenvalue weighted by Gasteiger charge is -2.11. The van der Waals surface area contributed by atoms with Crippen LogP contribution in [0.5, 0.6) is 0 Å². The third kappa shape index (κ3) is 1.50. The van der Waals surface area contributed by atoms with Gasteiger partial charge in [-0.1, -0.05) is 0 Å². The van der Waals surface area contributed by atoms with Gasteiger partial charge >= 0.3 is 0 Å². The van der Waals surface area contributed by atoms with Crippen molar-refractivity contribution >= 4 is 16.7 Å². The third-order valence-corrected chi connectivity index (χ3v) is 3.56. The number of hydrogen-bond acceptors (Lipinski definition) is 5. The van der Waals surface area contributed by atoms with Gasteiger partial charge in [0.25, 0.3) is 0 Å². The van der Waals surface area contributed by atoms with Gasteiger partial charge in [-0.25, -0.2) is 4.98 Å². The second-order valence-corrected chi connectivity index (χ2v) is 5.05. The Bertz CT molecular complexity index is 344. The number of hydrogen-bond donors (Lipinski definition) is 2. The van der Waals surface area contributed by atoms with E-state index in [-0.39, 0.29) is 12.1 Å². The molecule has 0 unspecified atom stereocenters. The lowest BCUT2D eigenvalue weighted by atomic mass is 10.3. The molecule has 4 nitrogen and oxygen atoms in total. The summed E-state index contributed by atoms with van der Waals surface area (Å²) in [6, 6.07) is 0. The van der Waals surface area contributed by atoms with E-state index in [0.717, 1.165) is 23.8 Å². The van der Waals surface area contributed by atoms with Gasteiger partial charge in [0, 0.05) is 17.5 Å². The van der Waals surface area contributed by atoms with Gasteiger partial charge in [-0.2, -0.15) is 4.37 Å².